The maximum Gasteiger partial charge on any atom is 0.258 e. The SMILES string of the molecule is C=C(NC(C)(C)C(=O)NS(C)(=O)=O)C1CC(OC)CN1C(=C)C(C)C(C)C.COCP([NH-])([NH-])=O.[W].[W].[W]. The number of nitrogens with zero attached hydrogens (tertiary/aromatic N) is 1. The second-order valence-corrected chi connectivity index (χ2v) is 12.9. The summed E-state index contributed by atoms with van der Waals surface area (Å²) in [7, 11) is -4.03. The monoisotopic (exact) mass is 1080 g/mol. The van der Waals surface area contributed by atoms with Gasteiger partial charge < -0.3 is 35.3 Å². The van der Waals surface area contributed by atoms with Gasteiger partial charge in [0.15, 0.2) is 0 Å². The van der Waals surface area contributed by atoms with E-state index in [2.05, 4.69) is 48.9 Å². The number of rotatable bonds is 11. The molecule has 0 aliphatic carbocycles. The topological polar surface area (TPSA) is 162 Å². The van der Waals surface area contributed by atoms with Crippen molar-refractivity contribution in [3.8, 4) is 0 Å². The van der Waals surface area contributed by atoms with Crippen LogP contribution in [0.4, 0.5) is 0 Å². The third-order valence-corrected chi connectivity index (χ3v) is 6.70. The maximum absolute atomic E-state index is 12.3. The van der Waals surface area contributed by atoms with Gasteiger partial charge in [-0.1, -0.05) is 41.4 Å². The number of allylic oxidation sites excluding steroid dienone is 1. The smallest absolute Gasteiger partial charge is 0.258 e. The summed E-state index contributed by atoms with van der Waals surface area (Å²) in [5.74, 6) is 0.101. The van der Waals surface area contributed by atoms with Gasteiger partial charge in [0.2, 0.25) is 10.0 Å². The molecule has 0 saturated carbocycles. The van der Waals surface area contributed by atoms with Crippen molar-refractivity contribution in [2.45, 2.75) is 58.7 Å². The van der Waals surface area contributed by atoms with Crippen molar-refractivity contribution in [1.29, 1.82) is 0 Å². The fourth-order valence-corrected chi connectivity index (χ4v) is 4.24. The Balaban J connectivity index is -0.000000478. The first-order chi connectivity index (χ1) is 15.3. The zero-order valence-corrected chi connectivity index (χ0v) is 33.3. The summed E-state index contributed by atoms with van der Waals surface area (Å²) in [6.07, 6.45) is 1.44. The van der Waals surface area contributed by atoms with Crippen LogP contribution in [-0.2, 0) is 92.1 Å². The van der Waals surface area contributed by atoms with E-state index in [0.29, 0.717) is 18.2 Å². The molecule has 0 spiro atoms. The average molecular weight is 1080 g/mol. The van der Waals surface area contributed by atoms with Crippen molar-refractivity contribution in [2.75, 3.05) is 33.4 Å². The second-order valence-electron chi connectivity index (χ2n) is 9.42. The minimum absolute atomic E-state index is 0. The summed E-state index contributed by atoms with van der Waals surface area (Å²) in [5, 5.41) is 3.11. The molecular weight excluding hydrogens is 1030 g/mol. The first kappa shape index (κ1) is 44.6. The number of methoxy groups -OCH3 is 2. The molecule has 1 rings (SSSR count). The van der Waals surface area contributed by atoms with Gasteiger partial charge in [0.25, 0.3) is 5.91 Å². The Bertz CT molecular complexity index is 886. The Kier molecular flexibility index (Phi) is 22.8. The third-order valence-electron chi connectivity index (χ3n) is 5.52. The number of hydrogen-bond donors (Lipinski definition) is 2. The summed E-state index contributed by atoms with van der Waals surface area (Å²) in [4.78, 5) is 14.5. The van der Waals surface area contributed by atoms with Gasteiger partial charge in [0.1, 0.15) is 5.54 Å². The van der Waals surface area contributed by atoms with E-state index in [1.807, 2.05) is 4.72 Å². The molecule has 1 saturated heterocycles. The number of amides is 1. The molecule has 1 amide bonds. The molecule has 218 valence electrons. The molecule has 1 aliphatic heterocycles. The second kappa shape index (κ2) is 18.9. The molecular formula is C21H42N5O6PSW3-2. The van der Waals surface area contributed by atoms with E-state index in [9.17, 15) is 17.8 Å². The molecule has 4 N–H and O–H groups in total. The quantitative estimate of drug-likeness (QED) is 0.297. The first-order valence-electron chi connectivity index (χ1n) is 10.8. The predicted octanol–water partition coefficient (Wildman–Crippen LogP) is 3.72. The Morgan fingerprint density at radius 3 is 1.97 bits per heavy atom. The van der Waals surface area contributed by atoms with E-state index in [1.165, 1.54) is 7.11 Å². The minimum atomic E-state index is -3.63. The molecule has 0 aromatic carbocycles. The Morgan fingerprint density at radius 1 is 1.16 bits per heavy atom. The molecule has 0 radical (unpaired) electrons. The van der Waals surface area contributed by atoms with E-state index in [0.717, 1.165) is 18.4 Å². The normalized spacial score (nSPS) is 18.2. The van der Waals surface area contributed by atoms with Crippen LogP contribution in [0.5, 0.6) is 0 Å². The van der Waals surface area contributed by atoms with Crippen LogP contribution in [0.15, 0.2) is 24.6 Å². The maximum atomic E-state index is 12.3. The van der Waals surface area contributed by atoms with Crippen LogP contribution in [0.1, 0.15) is 41.0 Å². The van der Waals surface area contributed by atoms with Gasteiger partial charge in [-0.3, -0.25) is 9.52 Å². The number of hydrogen-bond acceptors (Lipinski definition) is 8. The number of nitrogens with one attached hydrogen (secondary N) is 4. The van der Waals surface area contributed by atoms with Crippen LogP contribution in [0, 0.1) is 11.8 Å². The zero-order valence-electron chi connectivity index (χ0n) is 22.8. The van der Waals surface area contributed by atoms with Gasteiger partial charge in [0.05, 0.1) is 24.7 Å². The van der Waals surface area contributed by atoms with Crippen LogP contribution in [0.3, 0.4) is 0 Å². The van der Waals surface area contributed by atoms with Gasteiger partial charge in [0, 0.05) is 102 Å². The van der Waals surface area contributed by atoms with Crippen LogP contribution in [0.2, 0.25) is 0 Å². The van der Waals surface area contributed by atoms with E-state index < -0.39 is 28.9 Å². The predicted molar refractivity (Wildman–Crippen MR) is 137 cm³/mol. The largest absolute Gasteiger partial charge is 0.633 e. The molecule has 0 aromatic heterocycles. The van der Waals surface area contributed by atoms with Crippen LogP contribution in [0.25, 0.3) is 11.0 Å². The number of likely N-dealkylation sites (tertiary alicyclic amines) is 1. The molecule has 11 nitrogen and oxygen atoms in total. The molecule has 0 aromatic rings. The van der Waals surface area contributed by atoms with Crippen molar-refractivity contribution >= 4 is 23.4 Å². The van der Waals surface area contributed by atoms with Gasteiger partial charge >= 0.3 is 0 Å². The molecule has 16 heteroatoms. The van der Waals surface area contributed by atoms with E-state index in [-0.39, 0.29) is 87.6 Å². The van der Waals surface area contributed by atoms with Gasteiger partial charge in [-0.15, -0.1) is 0 Å². The molecule has 0 bridgehead atoms. The summed E-state index contributed by atoms with van der Waals surface area (Å²) in [6, 6.07) is -0.0889. The van der Waals surface area contributed by atoms with Gasteiger partial charge in [-0.2, -0.15) is 0 Å². The average Bonchev–Trinajstić information content (AvgIpc) is 3.09. The standard InChI is InChI=1S/C19H35N3O4S.C2H7N2O2P.3W/c1-12(2)13(3)15(5)22-11-16(26-8)10-17(22)14(4)20-19(6,7)18(23)21-27(9,24)25;1-6-2-7(3,4)5;;;/h12-13,16-17,20H,4-5,10-11H2,1-3,6-9H3,(H,21,23);2H2,1H3,(H2-2,3,4,5);;;/q;-2;;;. The fraction of sp³-hybridized carbons (Fsp3) is 0.762. The van der Waals surface area contributed by atoms with Crippen molar-refractivity contribution in [1.82, 2.24) is 14.9 Å². The summed E-state index contributed by atoms with van der Waals surface area (Å²) in [6.45, 7) is 18.8. The van der Waals surface area contributed by atoms with Crippen LogP contribution < -0.4 is 10.0 Å². The zero-order chi connectivity index (χ0) is 27.1. The van der Waals surface area contributed by atoms with Crippen LogP contribution >= 0.6 is 7.44 Å². The molecule has 3 unspecified atom stereocenters. The van der Waals surface area contributed by atoms with E-state index in [4.69, 9.17) is 15.7 Å². The molecule has 1 fully saturated rings. The van der Waals surface area contributed by atoms with E-state index in [1.54, 1.807) is 21.0 Å². The Labute approximate surface area is 266 Å². The number of sulfonamides is 1. The number of carbonyl (C=O) groups is 1. The van der Waals surface area contributed by atoms with Crippen molar-refractivity contribution in [2.24, 2.45) is 11.8 Å². The minimum Gasteiger partial charge on any atom is -0.633 e. The number of ether oxygens (including phenoxy) is 2. The summed E-state index contributed by atoms with van der Waals surface area (Å²) >= 11 is 0. The summed E-state index contributed by atoms with van der Waals surface area (Å²) < 4.78 is 44.6. The van der Waals surface area contributed by atoms with Gasteiger partial charge in [-0.25, -0.2) is 8.42 Å². The third kappa shape index (κ3) is 17.1. The first-order valence-corrected chi connectivity index (χ1v) is 14.6. The van der Waals surface area contributed by atoms with Crippen molar-refractivity contribution in [3.63, 3.8) is 0 Å². The van der Waals surface area contributed by atoms with E-state index >= 15 is 0 Å². The fourth-order valence-electron chi connectivity index (χ4n) is 3.28. The molecule has 1 heterocycles. The van der Waals surface area contributed by atoms with Crippen molar-refractivity contribution in [3.05, 3.63) is 35.6 Å². The van der Waals surface area contributed by atoms with Crippen LogP contribution in [-0.4, -0.2) is 70.3 Å². The molecule has 37 heavy (non-hydrogen) atoms. The Hall–Kier alpha value is 0.635. The number of carbonyl (C=O) groups excluding carboxylic acids is 1. The molecule has 3 atom stereocenters. The Morgan fingerprint density at radius 2 is 1.65 bits per heavy atom. The molecule has 1 aliphatic rings. The van der Waals surface area contributed by atoms with Crippen molar-refractivity contribution < 1.29 is 90.4 Å². The summed E-state index contributed by atoms with van der Waals surface area (Å²) in [5.41, 5.74) is 13.4. The van der Waals surface area contributed by atoms with Gasteiger partial charge in [-0.05, 0) is 25.7 Å².